The molecule has 160 valence electrons. The Morgan fingerprint density at radius 3 is 2.30 bits per heavy atom. The van der Waals surface area contributed by atoms with Crippen molar-refractivity contribution < 1.29 is 32.3 Å². The number of nitrogens with one attached hydrogen (secondary N) is 2. The van der Waals surface area contributed by atoms with Gasteiger partial charge in [0.05, 0.1) is 22.7 Å². The van der Waals surface area contributed by atoms with Crippen LogP contribution in [0.2, 0.25) is 5.02 Å². The molecule has 0 aliphatic carbocycles. The van der Waals surface area contributed by atoms with Crippen LogP contribution in [0.15, 0.2) is 42.5 Å². The second-order valence-electron chi connectivity index (χ2n) is 6.26. The molecule has 10 heteroatoms. The second-order valence-corrected chi connectivity index (χ2v) is 6.67. The second kappa shape index (κ2) is 10.1. The summed E-state index contributed by atoms with van der Waals surface area (Å²) in [7, 11) is 0. The molecule has 6 nitrogen and oxygen atoms in total. The van der Waals surface area contributed by atoms with Crippen LogP contribution in [0.1, 0.15) is 24.0 Å². The summed E-state index contributed by atoms with van der Waals surface area (Å²) in [6.45, 7) is 1.27. The average Bonchev–Trinajstić information content (AvgIpc) is 2.67. The van der Waals surface area contributed by atoms with Crippen molar-refractivity contribution in [2.45, 2.75) is 25.9 Å². The van der Waals surface area contributed by atoms with Crippen LogP contribution in [-0.2, 0) is 25.3 Å². The number of hydrogen-bond donors (Lipinski definition) is 2. The number of para-hydroxylation sites is 1. The van der Waals surface area contributed by atoms with Gasteiger partial charge in [-0.25, -0.2) is 0 Å². The molecule has 0 unspecified atom stereocenters. The molecule has 30 heavy (non-hydrogen) atoms. The third-order valence-corrected chi connectivity index (χ3v) is 4.24. The molecule has 0 saturated carbocycles. The molecule has 0 heterocycles. The molecule has 0 aromatic heterocycles. The molecule has 0 bridgehead atoms. The highest BCUT2D eigenvalue weighted by molar-refractivity contribution is 6.33. The smallest absolute Gasteiger partial charge is 0.416 e. The molecule has 0 aliphatic rings. The molecule has 0 radical (unpaired) electrons. The Morgan fingerprint density at radius 2 is 1.63 bits per heavy atom. The van der Waals surface area contributed by atoms with Crippen molar-refractivity contribution in [2.24, 2.45) is 0 Å². The van der Waals surface area contributed by atoms with E-state index in [0.29, 0.717) is 11.8 Å². The van der Waals surface area contributed by atoms with Crippen LogP contribution in [0.5, 0.6) is 0 Å². The minimum Gasteiger partial charge on any atom is -0.456 e. The number of rotatable bonds is 7. The highest BCUT2D eigenvalue weighted by atomic mass is 35.5. The zero-order valence-electron chi connectivity index (χ0n) is 15.8. The molecule has 0 fully saturated rings. The maximum atomic E-state index is 12.8. The van der Waals surface area contributed by atoms with E-state index in [9.17, 15) is 27.6 Å². The SMILES string of the molecule is Cc1ccccc1NC(=O)COC(=O)CCC(=O)Nc1cc(C(F)(F)F)ccc1Cl. The average molecular weight is 443 g/mol. The van der Waals surface area contributed by atoms with E-state index < -0.39 is 36.1 Å². The van der Waals surface area contributed by atoms with Gasteiger partial charge in [0.1, 0.15) is 0 Å². The topological polar surface area (TPSA) is 84.5 Å². The van der Waals surface area contributed by atoms with Crippen molar-refractivity contribution in [3.8, 4) is 0 Å². The minimum atomic E-state index is -4.59. The van der Waals surface area contributed by atoms with E-state index in [4.69, 9.17) is 16.3 Å². The number of aryl methyl sites for hydroxylation is 1. The number of halogens is 4. The van der Waals surface area contributed by atoms with Crippen LogP contribution in [0, 0.1) is 6.92 Å². The Kier molecular flexibility index (Phi) is 7.82. The predicted octanol–water partition coefficient (Wildman–Crippen LogP) is 4.57. The highest BCUT2D eigenvalue weighted by Crippen LogP contribution is 2.33. The first kappa shape index (κ1) is 23.2. The highest BCUT2D eigenvalue weighted by Gasteiger charge is 2.31. The minimum absolute atomic E-state index is 0.0770. The van der Waals surface area contributed by atoms with E-state index in [0.717, 1.165) is 17.7 Å². The maximum absolute atomic E-state index is 12.8. The Balaban J connectivity index is 1.79. The van der Waals surface area contributed by atoms with Crippen molar-refractivity contribution in [2.75, 3.05) is 17.2 Å². The van der Waals surface area contributed by atoms with Crippen LogP contribution < -0.4 is 10.6 Å². The summed E-state index contributed by atoms with van der Waals surface area (Å²) in [4.78, 5) is 35.5. The van der Waals surface area contributed by atoms with E-state index in [1.807, 2.05) is 6.07 Å². The molecular formula is C20H18ClF3N2O4. The summed E-state index contributed by atoms with van der Waals surface area (Å²) >= 11 is 5.80. The fourth-order valence-corrected chi connectivity index (χ4v) is 2.51. The van der Waals surface area contributed by atoms with Gasteiger partial charge < -0.3 is 15.4 Å². The Hall–Kier alpha value is -3.07. The van der Waals surface area contributed by atoms with Gasteiger partial charge >= 0.3 is 12.1 Å². The molecule has 0 spiro atoms. The van der Waals surface area contributed by atoms with Crippen molar-refractivity contribution >= 4 is 40.8 Å². The monoisotopic (exact) mass is 442 g/mol. The number of carbonyl (C=O) groups excluding carboxylic acids is 3. The van der Waals surface area contributed by atoms with Gasteiger partial charge in [-0.05, 0) is 36.8 Å². The summed E-state index contributed by atoms with van der Waals surface area (Å²) in [5.74, 6) is -2.07. The molecule has 0 saturated heterocycles. The summed E-state index contributed by atoms with van der Waals surface area (Å²) in [6.07, 6.45) is -5.31. The van der Waals surface area contributed by atoms with Crippen molar-refractivity contribution in [1.82, 2.24) is 0 Å². The first-order valence-electron chi connectivity index (χ1n) is 8.74. The van der Waals surface area contributed by atoms with E-state index in [1.165, 1.54) is 0 Å². The zero-order valence-corrected chi connectivity index (χ0v) is 16.6. The summed E-state index contributed by atoms with van der Waals surface area (Å²) < 4.78 is 43.1. The van der Waals surface area contributed by atoms with Crippen molar-refractivity contribution in [1.29, 1.82) is 0 Å². The zero-order chi connectivity index (χ0) is 22.3. The lowest BCUT2D eigenvalue weighted by atomic mass is 10.2. The van der Waals surface area contributed by atoms with Gasteiger partial charge in [-0.2, -0.15) is 13.2 Å². The number of esters is 1. The van der Waals surface area contributed by atoms with E-state index in [-0.39, 0.29) is 23.6 Å². The van der Waals surface area contributed by atoms with Gasteiger partial charge in [-0.15, -0.1) is 0 Å². The molecular weight excluding hydrogens is 425 g/mol. The molecule has 2 aromatic carbocycles. The van der Waals surface area contributed by atoms with Gasteiger partial charge in [-0.3, -0.25) is 14.4 Å². The lowest BCUT2D eigenvalue weighted by molar-refractivity contribution is -0.147. The van der Waals surface area contributed by atoms with E-state index in [2.05, 4.69) is 10.6 Å². The van der Waals surface area contributed by atoms with Crippen molar-refractivity contribution in [3.05, 3.63) is 58.6 Å². The molecule has 2 rings (SSSR count). The van der Waals surface area contributed by atoms with Crippen molar-refractivity contribution in [3.63, 3.8) is 0 Å². The van der Waals surface area contributed by atoms with E-state index in [1.54, 1.807) is 25.1 Å². The molecule has 2 amide bonds. The first-order valence-corrected chi connectivity index (χ1v) is 9.12. The number of hydrogen-bond acceptors (Lipinski definition) is 4. The quantitative estimate of drug-likeness (QED) is 0.615. The summed E-state index contributed by atoms with van der Waals surface area (Å²) in [5, 5.41) is 4.73. The number of ether oxygens (including phenoxy) is 1. The van der Waals surface area contributed by atoms with Crippen LogP contribution in [0.3, 0.4) is 0 Å². The predicted molar refractivity (Wildman–Crippen MR) is 105 cm³/mol. The first-order chi connectivity index (χ1) is 14.1. The van der Waals surface area contributed by atoms with E-state index >= 15 is 0 Å². The summed E-state index contributed by atoms with van der Waals surface area (Å²) in [5.41, 5.74) is 0.224. The number of carbonyl (C=O) groups is 3. The third-order valence-electron chi connectivity index (χ3n) is 3.91. The van der Waals surface area contributed by atoms with Gasteiger partial charge in [-0.1, -0.05) is 29.8 Å². The molecule has 0 aliphatic heterocycles. The molecule has 0 atom stereocenters. The van der Waals surface area contributed by atoms with Crippen LogP contribution in [0.4, 0.5) is 24.5 Å². The lowest BCUT2D eigenvalue weighted by Gasteiger charge is -2.11. The molecule has 2 aromatic rings. The third kappa shape index (κ3) is 7.07. The maximum Gasteiger partial charge on any atom is 0.416 e. The fraction of sp³-hybridized carbons (Fsp3) is 0.250. The van der Waals surface area contributed by atoms with Gasteiger partial charge in [0.25, 0.3) is 5.91 Å². The number of anilines is 2. The number of benzene rings is 2. The molecule has 2 N–H and O–H groups in total. The Labute approximate surface area is 175 Å². The largest absolute Gasteiger partial charge is 0.456 e. The Morgan fingerprint density at radius 1 is 0.967 bits per heavy atom. The number of amides is 2. The van der Waals surface area contributed by atoms with Gasteiger partial charge in [0.2, 0.25) is 5.91 Å². The van der Waals surface area contributed by atoms with Gasteiger partial charge in [0.15, 0.2) is 6.61 Å². The Bertz CT molecular complexity index is 948. The fourth-order valence-electron chi connectivity index (χ4n) is 2.34. The summed E-state index contributed by atoms with van der Waals surface area (Å²) in [6, 6.07) is 9.55. The normalized spacial score (nSPS) is 11.0. The van der Waals surface area contributed by atoms with Crippen LogP contribution in [-0.4, -0.2) is 24.4 Å². The van der Waals surface area contributed by atoms with Gasteiger partial charge in [0, 0.05) is 12.1 Å². The lowest BCUT2D eigenvalue weighted by Crippen LogP contribution is -2.22. The van der Waals surface area contributed by atoms with Crippen LogP contribution in [0.25, 0.3) is 0 Å². The number of alkyl halides is 3. The standard InChI is InChI=1S/C20H18ClF3N2O4/c1-12-4-2-3-5-15(12)25-18(28)11-30-19(29)9-8-17(27)26-16-10-13(20(22,23)24)6-7-14(16)21/h2-7,10H,8-9,11H2,1H3,(H,25,28)(H,26,27). The van der Waals surface area contributed by atoms with Crippen LogP contribution >= 0.6 is 11.6 Å².